The fourth-order valence-electron chi connectivity index (χ4n) is 10.8. The summed E-state index contributed by atoms with van der Waals surface area (Å²) in [5, 5.41) is 36.2. The zero-order valence-electron chi connectivity index (χ0n) is 68.8. The molecule has 0 amide bonds. The normalized spacial score (nSPS) is 9.95. The first-order valence-corrected chi connectivity index (χ1v) is 39.2. The van der Waals surface area contributed by atoms with Gasteiger partial charge in [0.15, 0.2) is 0 Å². The molecule has 1 aliphatic rings. The van der Waals surface area contributed by atoms with E-state index in [1.54, 1.807) is 36.4 Å². The minimum absolute atomic E-state index is 0. The number of carboxylic acids is 2. The molecule has 0 spiro atoms. The molecule has 0 aliphatic carbocycles. The molecule has 0 atom stereocenters. The topological polar surface area (TPSA) is 262 Å². The third-order valence-electron chi connectivity index (χ3n) is 17.1. The van der Waals surface area contributed by atoms with Gasteiger partial charge in [-0.05, 0) is 151 Å². The van der Waals surface area contributed by atoms with E-state index in [0.29, 0.717) is 82.9 Å². The number of carboxylic acid groups (broad SMARTS) is 2. The number of phenolic OH excluding ortho intramolecular Hbond substituents is 1. The maximum absolute atomic E-state index is 13.1. The molecule has 0 radical (unpaired) electrons. The van der Waals surface area contributed by atoms with Crippen molar-refractivity contribution < 1.29 is 171 Å². The molecule has 0 saturated carbocycles. The summed E-state index contributed by atoms with van der Waals surface area (Å²) < 4.78 is 75.2. The Labute approximate surface area is 831 Å². The third-order valence-corrected chi connectivity index (χ3v) is 18.4. The van der Waals surface area contributed by atoms with Crippen LogP contribution < -0.4 is 103 Å². The maximum atomic E-state index is 13.1. The molecular weight excluding hydrogens is 1800 g/mol. The first-order chi connectivity index (χ1) is 57.5. The van der Waals surface area contributed by atoms with Crippen molar-refractivity contribution in [2.45, 2.75) is 131 Å². The van der Waals surface area contributed by atoms with Crippen LogP contribution in [0.1, 0.15) is 175 Å². The van der Waals surface area contributed by atoms with E-state index in [2.05, 4.69) is 51.6 Å². The van der Waals surface area contributed by atoms with Crippen LogP contribution in [-0.2, 0) is 67.1 Å². The molecule has 12 aromatic carbocycles. The molecule has 1 aliphatic heterocycles. The molecule has 13 rings (SSSR count). The van der Waals surface area contributed by atoms with E-state index >= 15 is 0 Å². The van der Waals surface area contributed by atoms with Crippen LogP contribution in [0.2, 0.25) is 0 Å². The van der Waals surface area contributed by atoms with E-state index in [1.807, 2.05) is 257 Å². The number of aromatic hydroxyl groups is 2. The number of hydrogen-bond acceptors (Lipinski definition) is 16. The second-order valence-corrected chi connectivity index (χ2v) is 28.4. The molecule has 0 bridgehead atoms. The molecule has 0 aromatic heterocycles. The summed E-state index contributed by atoms with van der Waals surface area (Å²) in [6.07, 6.45) is 2.56. The first-order valence-electron chi connectivity index (χ1n) is 37.6. The maximum Gasteiger partial charge on any atom is 1.00 e. The molecule has 18 nitrogen and oxygen atoms in total. The van der Waals surface area contributed by atoms with E-state index in [4.69, 9.17) is 58.0 Å². The van der Waals surface area contributed by atoms with Gasteiger partial charge in [-0.15, -0.1) is 6.58 Å². The van der Waals surface area contributed by atoms with Crippen molar-refractivity contribution in [1.29, 1.82) is 0 Å². The Hall–Kier alpha value is -10.9. The standard InChI is InChI=1S/C31H28O4.C28H23BrO4.C24H22O4.C7H5BrO4.C4H8O.C3H5BF2.6CH4.FH.K.Li.H2O/c1-23(2)27-18-28(31(32)35-22-26-16-10-5-11-17-26)30(34-21-25-14-8-4-9-15-25)19-29(27)33-20-24-12-6-3-7-13-24;29-25-16-24(28(30)33-20-23-14-8-3-9-15-23)26(31-18-21-10-4-1-5-11-21)17-27(25)32-19-22-12-6-2-7-13-22;1-17(2)20-13-21(24(25)26)23(28-16-19-11-7-4-8-12-19)14-22(20)27-15-18-9-5-3-6-10-18;8-4-1-3(7(11)12)5(9)2-6(4)10;1-2-4-5-3-1;1-3(2)4(5)6;;;;;;;;;;/h3-19H,1,20-22H2,2H3;1-17H,18-20H2;3-14H,1,15-16H2,2H3,(H,25,26);1-2,9-10H,(H,11,12);1-4H2;1H2,2H3;6*1H4;1H;;;1H2/q;;;;;;;;;;;;;2*+1;/p-2. The van der Waals surface area contributed by atoms with E-state index in [-0.39, 0.29) is 177 Å². The van der Waals surface area contributed by atoms with Crippen LogP contribution in [0, 0.1) is 0 Å². The van der Waals surface area contributed by atoms with Crippen molar-refractivity contribution >= 4 is 74.2 Å². The van der Waals surface area contributed by atoms with Crippen molar-refractivity contribution in [3.05, 3.63) is 403 Å². The van der Waals surface area contributed by atoms with Gasteiger partial charge in [-0.2, -0.15) is 0 Å². The van der Waals surface area contributed by atoms with Crippen LogP contribution in [0.15, 0.2) is 325 Å². The molecule has 129 heavy (non-hydrogen) atoms. The van der Waals surface area contributed by atoms with E-state index in [1.165, 1.54) is 19.8 Å². The van der Waals surface area contributed by atoms with Gasteiger partial charge in [0.2, 0.25) is 0 Å². The predicted molar refractivity (Wildman–Crippen MR) is 509 cm³/mol. The number of rotatable bonds is 29. The molecule has 676 valence electrons. The van der Waals surface area contributed by atoms with E-state index in [9.17, 15) is 32.9 Å². The Balaban J connectivity index is -0.00000159. The number of allylic oxidation sites excluding steroid dienone is 3. The van der Waals surface area contributed by atoms with Gasteiger partial charge in [0.1, 0.15) is 121 Å². The zero-order chi connectivity index (χ0) is 85.3. The summed E-state index contributed by atoms with van der Waals surface area (Å²) in [5.74, 6) is -1.07. The average molecular weight is 1920 g/mol. The summed E-state index contributed by atoms with van der Waals surface area (Å²) in [5.41, 5.74) is 11.2. The van der Waals surface area contributed by atoms with Gasteiger partial charge in [0, 0.05) is 48.6 Å². The van der Waals surface area contributed by atoms with Crippen LogP contribution in [0.25, 0.3) is 11.1 Å². The Morgan fingerprint density at radius 1 is 0.349 bits per heavy atom. The van der Waals surface area contributed by atoms with Crippen LogP contribution in [0.5, 0.6) is 46.0 Å². The third kappa shape index (κ3) is 42.9. The van der Waals surface area contributed by atoms with Gasteiger partial charge in [0.25, 0.3) is 0 Å². The number of carbonyl (C=O) groups excluding carboxylic acids is 2. The molecule has 1 fully saturated rings. The monoisotopic (exact) mass is 1910 g/mol. The van der Waals surface area contributed by atoms with Crippen LogP contribution in [-0.4, -0.2) is 70.3 Å². The van der Waals surface area contributed by atoms with Crippen molar-refractivity contribution in [2.75, 3.05) is 13.2 Å². The molecule has 1 saturated heterocycles. The van der Waals surface area contributed by atoms with Crippen LogP contribution in [0.3, 0.4) is 0 Å². The van der Waals surface area contributed by atoms with Crippen molar-refractivity contribution in [3.8, 4) is 46.0 Å². The SMILES string of the molecule is C.C.C.C.C.C.C1CCOC1.C=C(C)B(F)F.C=C(C)c1cc(C(=O)O)c(OCc2ccccc2)cc1OCc1ccccc1.C=C(C)c1cc(C(=O)OCc2ccccc2)c(OCc2ccccc2)cc1OCc1ccccc1.O=C(O)c1cc(Br)c(O)cc1O.O=C(OCc1ccccc1)c1cc(Br)c(OCc2ccccc2)cc1OCc1ccccc1.[F-].[K+].[Li+].[OH-]. The molecule has 26 heteroatoms. The number of halogens is 5. The van der Waals surface area contributed by atoms with Crippen molar-refractivity contribution in [3.63, 3.8) is 0 Å². The van der Waals surface area contributed by atoms with Crippen molar-refractivity contribution in [2.24, 2.45) is 0 Å². The van der Waals surface area contributed by atoms with Gasteiger partial charge < -0.3 is 73.2 Å². The molecule has 0 unspecified atom stereocenters. The van der Waals surface area contributed by atoms with E-state index < -0.39 is 36.9 Å². The summed E-state index contributed by atoms with van der Waals surface area (Å²) in [6.45, 7) is 20.4. The Morgan fingerprint density at radius 2 is 0.574 bits per heavy atom. The Kier molecular flexibility index (Phi) is 63.0. The summed E-state index contributed by atoms with van der Waals surface area (Å²) in [4.78, 5) is 48.2. The van der Waals surface area contributed by atoms with Crippen molar-refractivity contribution in [1.82, 2.24) is 0 Å². The summed E-state index contributed by atoms with van der Waals surface area (Å²) in [7, 11) is -2.34. The quantitative estimate of drug-likeness (QED) is 0.0251. The number of aromatic carboxylic acids is 2. The van der Waals surface area contributed by atoms with Gasteiger partial charge in [-0.3, -0.25) is 8.63 Å². The minimum Gasteiger partial charge on any atom is -1.00 e. The number of phenols is 2. The first kappa shape index (κ1) is 122. The second kappa shape index (κ2) is 66.5. The average Bonchev–Trinajstić information content (AvgIpc) is 0.833. The second-order valence-electron chi connectivity index (χ2n) is 26.7. The fourth-order valence-corrected chi connectivity index (χ4v) is 11.6. The number of ether oxygens (including phenoxy) is 9. The molecule has 12 aromatic rings. The van der Waals surface area contributed by atoms with Gasteiger partial charge in [0.05, 0.1) is 8.95 Å². The number of hydrogen-bond donors (Lipinski definition) is 4. The van der Waals surface area contributed by atoms with Gasteiger partial charge in [-0.1, -0.05) is 300 Å². The number of esters is 2. The van der Waals surface area contributed by atoms with Gasteiger partial charge in [-0.25, -0.2) is 19.2 Å². The van der Waals surface area contributed by atoms with Crippen LogP contribution in [0.4, 0.5) is 8.63 Å². The Bertz CT molecular complexity index is 5170. The summed E-state index contributed by atoms with van der Waals surface area (Å²) >= 11 is 6.45. The Morgan fingerprint density at radius 3 is 0.822 bits per heavy atom. The largest absolute Gasteiger partial charge is 1.00 e. The number of carbonyl (C=O) groups is 4. The predicted octanol–water partition coefficient (Wildman–Crippen LogP) is 18.3. The molecular formula is C103H116BBr2F3KLiO18. The number of benzene rings is 12. The molecule has 5 N–H and O–H groups in total. The van der Waals surface area contributed by atoms with E-state index in [0.717, 1.165) is 86.6 Å². The minimum atomic E-state index is -2.34. The smallest absolute Gasteiger partial charge is 1.00 e. The molecule has 1 heterocycles. The van der Waals surface area contributed by atoms with Crippen LogP contribution >= 0.6 is 31.9 Å². The fraction of sp³-hybridized carbons (Fsp3) is 0.204. The summed E-state index contributed by atoms with van der Waals surface area (Å²) in [6, 6.07) is 90.1. The van der Waals surface area contributed by atoms with Gasteiger partial charge >= 0.3 is 101 Å². The zero-order valence-corrected chi connectivity index (χ0v) is 75.1.